The second kappa shape index (κ2) is 4.78. The minimum absolute atomic E-state index is 0.188. The fourth-order valence-corrected chi connectivity index (χ4v) is 1.89. The molecule has 1 saturated carbocycles. The van der Waals surface area contributed by atoms with Crippen molar-refractivity contribution in [2.45, 2.75) is 31.9 Å². The second-order valence-corrected chi connectivity index (χ2v) is 3.99. The molecule has 0 saturated heterocycles. The van der Waals surface area contributed by atoms with Crippen LogP contribution in [-0.2, 0) is 4.74 Å². The molecule has 4 heteroatoms. The lowest BCUT2D eigenvalue weighted by molar-refractivity contribution is 0.00292. The van der Waals surface area contributed by atoms with E-state index in [1.807, 2.05) is 6.92 Å². The second-order valence-electron chi connectivity index (χ2n) is 3.99. The van der Waals surface area contributed by atoms with Crippen molar-refractivity contribution in [3.63, 3.8) is 0 Å². The van der Waals surface area contributed by atoms with Gasteiger partial charge < -0.3 is 10.1 Å². The zero-order valence-corrected chi connectivity index (χ0v) is 9.17. The molecule has 1 aromatic carbocycles. The number of benzene rings is 1. The van der Waals surface area contributed by atoms with Crippen molar-refractivity contribution in [2.75, 3.05) is 11.9 Å². The number of hydrogen-bond acceptors (Lipinski definition) is 2. The van der Waals surface area contributed by atoms with Gasteiger partial charge in [0.15, 0.2) is 11.6 Å². The van der Waals surface area contributed by atoms with E-state index >= 15 is 0 Å². The van der Waals surface area contributed by atoms with Crippen molar-refractivity contribution in [2.24, 2.45) is 0 Å². The molecule has 0 heterocycles. The van der Waals surface area contributed by atoms with E-state index in [0.717, 1.165) is 18.9 Å². The van der Waals surface area contributed by atoms with E-state index in [4.69, 9.17) is 4.74 Å². The average molecular weight is 227 g/mol. The maximum absolute atomic E-state index is 13.3. The van der Waals surface area contributed by atoms with Gasteiger partial charge in [0.25, 0.3) is 0 Å². The highest BCUT2D eigenvalue weighted by atomic mass is 19.2. The monoisotopic (exact) mass is 227 g/mol. The van der Waals surface area contributed by atoms with E-state index in [-0.39, 0.29) is 17.8 Å². The van der Waals surface area contributed by atoms with Crippen LogP contribution in [0.3, 0.4) is 0 Å². The van der Waals surface area contributed by atoms with Gasteiger partial charge in [0.2, 0.25) is 0 Å². The maximum atomic E-state index is 13.3. The highest BCUT2D eigenvalue weighted by Gasteiger charge is 2.30. The van der Waals surface area contributed by atoms with Crippen LogP contribution in [0, 0.1) is 11.6 Å². The third-order valence-electron chi connectivity index (χ3n) is 2.81. The Morgan fingerprint density at radius 3 is 2.81 bits per heavy atom. The molecule has 1 fully saturated rings. The molecular formula is C12H15F2NO. The van der Waals surface area contributed by atoms with E-state index < -0.39 is 11.6 Å². The summed E-state index contributed by atoms with van der Waals surface area (Å²) in [5.74, 6) is -1.62. The van der Waals surface area contributed by atoms with Gasteiger partial charge in [-0.05, 0) is 31.9 Å². The van der Waals surface area contributed by atoms with Gasteiger partial charge in [0, 0.05) is 12.6 Å². The molecule has 2 nitrogen and oxygen atoms in total. The summed E-state index contributed by atoms with van der Waals surface area (Å²) in [6.45, 7) is 2.65. The molecule has 0 spiro atoms. The van der Waals surface area contributed by atoms with Crippen molar-refractivity contribution in [1.82, 2.24) is 0 Å². The molecule has 16 heavy (non-hydrogen) atoms. The summed E-state index contributed by atoms with van der Waals surface area (Å²) >= 11 is 0. The number of rotatable bonds is 4. The predicted octanol–water partition coefficient (Wildman–Crippen LogP) is 2.94. The molecule has 0 atom stereocenters. The molecule has 0 radical (unpaired) electrons. The van der Waals surface area contributed by atoms with Crippen molar-refractivity contribution in [1.29, 1.82) is 0 Å². The summed E-state index contributed by atoms with van der Waals surface area (Å²) in [7, 11) is 0. The van der Waals surface area contributed by atoms with Crippen LogP contribution in [0.5, 0.6) is 0 Å². The van der Waals surface area contributed by atoms with Gasteiger partial charge in [-0.15, -0.1) is 0 Å². The Morgan fingerprint density at radius 2 is 2.12 bits per heavy atom. The number of anilines is 1. The quantitative estimate of drug-likeness (QED) is 0.853. The smallest absolute Gasteiger partial charge is 0.181 e. The topological polar surface area (TPSA) is 21.3 Å². The van der Waals surface area contributed by atoms with Crippen LogP contribution in [0.4, 0.5) is 14.5 Å². The number of halogens is 2. The molecule has 1 aliphatic rings. The van der Waals surface area contributed by atoms with Gasteiger partial charge in [0.1, 0.15) is 0 Å². The highest BCUT2D eigenvalue weighted by Crippen LogP contribution is 2.28. The Kier molecular flexibility index (Phi) is 3.39. The lowest BCUT2D eigenvalue weighted by atomic mass is 9.89. The molecule has 0 aliphatic heterocycles. The first-order valence-corrected chi connectivity index (χ1v) is 5.53. The van der Waals surface area contributed by atoms with Crippen LogP contribution in [0.1, 0.15) is 19.8 Å². The van der Waals surface area contributed by atoms with Crippen molar-refractivity contribution >= 4 is 5.69 Å². The van der Waals surface area contributed by atoms with E-state index in [1.54, 1.807) is 6.07 Å². The van der Waals surface area contributed by atoms with E-state index in [0.29, 0.717) is 6.61 Å². The molecule has 0 unspecified atom stereocenters. The molecule has 0 aromatic heterocycles. The van der Waals surface area contributed by atoms with Crippen molar-refractivity contribution < 1.29 is 13.5 Å². The molecule has 1 N–H and O–H groups in total. The van der Waals surface area contributed by atoms with Gasteiger partial charge >= 0.3 is 0 Å². The molecule has 0 bridgehead atoms. The fourth-order valence-electron chi connectivity index (χ4n) is 1.89. The summed E-state index contributed by atoms with van der Waals surface area (Å²) in [6, 6.07) is 4.35. The van der Waals surface area contributed by atoms with Crippen LogP contribution in [0.2, 0.25) is 0 Å². The summed E-state index contributed by atoms with van der Waals surface area (Å²) in [4.78, 5) is 0. The minimum Gasteiger partial charge on any atom is -0.380 e. The fraction of sp³-hybridized carbons (Fsp3) is 0.500. The van der Waals surface area contributed by atoms with Crippen molar-refractivity contribution in [3.05, 3.63) is 29.8 Å². The Balaban J connectivity index is 1.89. The Hall–Kier alpha value is -1.16. The zero-order chi connectivity index (χ0) is 11.5. The van der Waals surface area contributed by atoms with Crippen LogP contribution in [-0.4, -0.2) is 18.8 Å². The minimum atomic E-state index is -0.814. The van der Waals surface area contributed by atoms with E-state index in [1.165, 1.54) is 6.07 Å². The third kappa shape index (κ3) is 2.32. The third-order valence-corrected chi connectivity index (χ3v) is 2.81. The Bertz CT molecular complexity index is 364. The summed E-state index contributed by atoms with van der Waals surface area (Å²) in [6.07, 6.45) is 1.97. The molecule has 88 valence electrons. The molecule has 2 rings (SSSR count). The van der Waals surface area contributed by atoms with Crippen LogP contribution in [0.15, 0.2) is 18.2 Å². The van der Waals surface area contributed by atoms with Gasteiger partial charge in [-0.25, -0.2) is 8.78 Å². The summed E-state index contributed by atoms with van der Waals surface area (Å²) in [5, 5.41) is 2.98. The number of nitrogens with one attached hydrogen (secondary N) is 1. The van der Waals surface area contributed by atoms with Gasteiger partial charge in [0.05, 0.1) is 11.8 Å². The van der Waals surface area contributed by atoms with Crippen LogP contribution < -0.4 is 5.32 Å². The van der Waals surface area contributed by atoms with Gasteiger partial charge in [-0.2, -0.15) is 0 Å². The van der Waals surface area contributed by atoms with E-state index in [2.05, 4.69) is 5.32 Å². The highest BCUT2D eigenvalue weighted by molar-refractivity contribution is 5.46. The first-order chi connectivity index (χ1) is 7.70. The molecule has 0 amide bonds. The van der Waals surface area contributed by atoms with Gasteiger partial charge in [-0.3, -0.25) is 0 Å². The van der Waals surface area contributed by atoms with Crippen LogP contribution >= 0.6 is 0 Å². The van der Waals surface area contributed by atoms with Crippen LogP contribution in [0.25, 0.3) is 0 Å². The largest absolute Gasteiger partial charge is 0.380 e. The average Bonchev–Trinajstić information content (AvgIpc) is 2.21. The molecule has 1 aliphatic carbocycles. The molecular weight excluding hydrogens is 212 g/mol. The standard InChI is InChI=1S/C12H15F2NO/c1-2-16-9-6-8(7-9)15-11-5-3-4-10(13)12(11)14/h3-5,8-9,15H,2,6-7H2,1H3. The normalized spacial score (nSPS) is 23.9. The van der Waals surface area contributed by atoms with Gasteiger partial charge in [-0.1, -0.05) is 6.07 Å². The number of ether oxygens (including phenoxy) is 1. The predicted molar refractivity (Wildman–Crippen MR) is 58.4 cm³/mol. The zero-order valence-electron chi connectivity index (χ0n) is 9.17. The van der Waals surface area contributed by atoms with Crippen molar-refractivity contribution in [3.8, 4) is 0 Å². The lowest BCUT2D eigenvalue weighted by Gasteiger charge is -2.36. The number of hydrogen-bond donors (Lipinski definition) is 1. The summed E-state index contributed by atoms with van der Waals surface area (Å²) in [5.41, 5.74) is 0.236. The van der Waals surface area contributed by atoms with E-state index in [9.17, 15) is 8.78 Å². The Labute approximate surface area is 93.6 Å². The Morgan fingerprint density at radius 1 is 1.38 bits per heavy atom. The first-order valence-electron chi connectivity index (χ1n) is 5.53. The first kappa shape index (κ1) is 11.3. The summed E-state index contributed by atoms with van der Waals surface area (Å²) < 4.78 is 31.6. The maximum Gasteiger partial charge on any atom is 0.181 e. The SMILES string of the molecule is CCOC1CC(Nc2cccc(F)c2F)C1. The lowest BCUT2D eigenvalue weighted by Crippen LogP contribution is -2.41. The molecule has 1 aromatic rings.